The number of primary sulfonamides is 1. The number of carbonyl (C=O) groups is 1. The van der Waals surface area contributed by atoms with Gasteiger partial charge >= 0.3 is 0 Å². The summed E-state index contributed by atoms with van der Waals surface area (Å²) in [7, 11) is -3.77. The Labute approximate surface area is 133 Å². The Kier molecular flexibility index (Phi) is 5.28. The SMILES string of the molecule is N#C/C(=N\Nc1ccc(S(N)(=O)=O)cc1)C(=O)N1CCOCC1. The van der Waals surface area contributed by atoms with Crippen molar-refractivity contribution >= 4 is 27.3 Å². The van der Waals surface area contributed by atoms with E-state index in [1.807, 2.05) is 0 Å². The standard InChI is InChI=1S/C13H15N5O4S/c14-9-12(13(19)18-5-7-22-8-6-18)17-16-10-1-3-11(4-2-10)23(15,20)21/h1-4,16H,5-8H2,(H2,15,20,21)/b17-12+. The molecule has 3 N–H and O–H groups in total. The van der Waals surface area contributed by atoms with Crippen molar-refractivity contribution in [3.63, 3.8) is 0 Å². The maximum absolute atomic E-state index is 12.1. The van der Waals surface area contributed by atoms with Crippen LogP contribution >= 0.6 is 0 Å². The minimum atomic E-state index is -3.77. The highest BCUT2D eigenvalue weighted by atomic mass is 32.2. The fraction of sp³-hybridized carbons (Fsp3) is 0.308. The van der Waals surface area contributed by atoms with Crippen molar-refractivity contribution in [1.29, 1.82) is 5.26 Å². The van der Waals surface area contributed by atoms with Crippen LogP contribution in [0.1, 0.15) is 0 Å². The molecule has 0 aromatic heterocycles. The van der Waals surface area contributed by atoms with E-state index in [1.165, 1.54) is 29.2 Å². The van der Waals surface area contributed by atoms with Gasteiger partial charge < -0.3 is 9.64 Å². The lowest BCUT2D eigenvalue weighted by Crippen LogP contribution is -2.44. The number of hydrazone groups is 1. The Hall–Kier alpha value is -2.48. The van der Waals surface area contributed by atoms with E-state index >= 15 is 0 Å². The van der Waals surface area contributed by atoms with E-state index in [0.29, 0.717) is 32.0 Å². The Morgan fingerprint density at radius 2 is 1.91 bits per heavy atom. The summed E-state index contributed by atoms with van der Waals surface area (Å²) in [5, 5.41) is 17.8. The lowest BCUT2D eigenvalue weighted by molar-refractivity contribution is -0.127. The molecule has 0 aliphatic carbocycles. The van der Waals surface area contributed by atoms with E-state index in [0.717, 1.165) is 0 Å². The number of hydrogen-bond donors (Lipinski definition) is 2. The van der Waals surface area contributed by atoms with E-state index < -0.39 is 15.9 Å². The van der Waals surface area contributed by atoms with Gasteiger partial charge in [-0.2, -0.15) is 10.4 Å². The number of nitrogens with zero attached hydrogens (tertiary/aromatic N) is 3. The maximum atomic E-state index is 12.1. The van der Waals surface area contributed by atoms with E-state index in [9.17, 15) is 13.2 Å². The number of rotatable bonds is 4. The Morgan fingerprint density at radius 1 is 1.30 bits per heavy atom. The third kappa shape index (κ3) is 4.49. The third-order valence-corrected chi connectivity index (χ3v) is 4.02. The highest BCUT2D eigenvalue weighted by Gasteiger charge is 2.22. The number of hydrogen-bond acceptors (Lipinski definition) is 7. The van der Waals surface area contributed by atoms with Gasteiger partial charge in [0, 0.05) is 13.1 Å². The minimum Gasteiger partial charge on any atom is -0.378 e. The molecule has 10 heteroatoms. The van der Waals surface area contributed by atoms with Crippen LogP contribution in [-0.4, -0.2) is 51.2 Å². The summed E-state index contributed by atoms with van der Waals surface area (Å²) in [5.41, 5.74) is 2.67. The number of ether oxygens (including phenoxy) is 1. The number of nitriles is 1. The third-order valence-electron chi connectivity index (χ3n) is 3.09. The Balaban J connectivity index is 2.07. The zero-order chi connectivity index (χ0) is 16.9. The average Bonchev–Trinajstić information content (AvgIpc) is 2.55. The van der Waals surface area contributed by atoms with Gasteiger partial charge in [-0.25, -0.2) is 13.6 Å². The average molecular weight is 337 g/mol. The molecular weight excluding hydrogens is 322 g/mol. The number of benzene rings is 1. The van der Waals surface area contributed by atoms with Gasteiger partial charge in [0.05, 0.1) is 23.8 Å². The quantitative estimate of drug-likeness (QED) is 0.560. The molecular formula is C13H15N5O4S. The van der Waals surface area contributed by atoms with E-state index in [-0.39, 0.29) is 10.6 Å². The largest absolute Gasteiger partial charge is 0.378 e. The van der Waals surface area contributed by atoms with Crippen LogP contribution in [-0.2, 0) is 19.6 Å². The van der Waals surface area contributed by atoms with Crippen LogP contribution in [0.4, 0.5) is 5.69 Å². The van der Waals surface area contributed by atoms with Gasteiger partial charge in [-0.05, 0) is 24.3 Å². The van der Waals surface area contributed by atoms with E-state index in [2.05, 4.69) is 10.5 Å². The van der Waals surface area contributed by atoms with Gasteiger partial charge in [-0.3, -0.25) is 10.2 Å². The summed E-state index contributed by atoms with van der Waals surface area (Å²) in [4.78, 5) is 13.6. The van der Waals surface area contributed by atoms with Crippen LogP contribution in [0.5, 0.6) is 0 Å². The Bertz CT molecular complexity index is 746. The molecule has 0 saturated carbocycles. The second-order valence-electron chi connectivity index (χ2n) is 4.66. The summed E-state index contributed by atoms with van der Waals surface area (Å²) in [6.07, 6.45) is 0. The molecule has 1 aromatic carbocycles. The number of nitrogens with one attached hydrogen (secondary N) is 1. The van der Waals surface area contributed by atoms with Gasteiger partial charge in [-0.15, -0.1) is 0 Å². The summed E-state index contributed by atoms with van der Waals surface area (Å²) >= 11 is 0. The number of nitrogens with two attached hydrogens (primary N) is 1. The normalized spacial score (nSPS) is 15.8. The van der Waals surface area contributed by atoms with Crippen molar-refractivity contribution in [3.05, 3.63) is 24.3 Å². The summed E-state index contributed by atoms with van der Waals surface area (Å²) in [5.74, 6) is -0.482. The number of sulfonamides is 1. The van der Waals surface area contributed by atoms with E-state index in [1.54, 1.807) is 6.07 Å². The van der Waals surface area contributed by atoms with Crippen LogP contribution in [0.15, 0.2) is 34.3 Å². The van der Waals surface area contributed by atoms with Crippen LogP contribution in [0, 0.1) is 11.3 Å². The van der Waals surface area contributed by atoms with Gasteiger partial charge in [0.1, 0.15) is 6.07 Å². The molecule has 0 bridgehead atoms. The zero-order valence-electron chi connectivity index (χ0n) is 12.1. The summed E-state index contributed by atoms with van der Waals surface area (Å²) < 4.78 is 27.4. The minimum absolute atomic E-state index is 0.0445. The summed E-state index contributed by atoms with van der Waals surface area (Å²) in [6.45, 7) is 1.66. The zero-order valence-corrected chi connectivity index (χ0v) is 12.9. The molecule has 1 fully saturated rings. The van der Waals surface area contributed by atoms with Crippen LogP contribution in [0.3, 0.4) is 0 Å². The first-order chi connectivity index (χ1) is 10.9. The predicted molar refractivity (Wildman–Crippen MR) is 81.9 cm³/mol. The lowest BCUT2D eigenvalue weighted by atomic mass is 10.3. The molecule has 1 amide bonds. The molecule has 0 radical (unpaired) electrons. The lowest BCUT2D eigenvalue weighted by Gasteiger charge is -2.25. The first-order valence-electron chi connectivity index (χ1n) is 6.65. The number of amides is 1. The molecule has 122 valence electrons. The number of anilines is 1. The van der Waals surface area contributed by atoms with Crippen molar-refractivity contribution in [2.45, 2.75) is 4.90 Å². The van der Waals surface area contributed by atoms with Crippen molar-refractivity contribution in [3.8, 4) is 6.07 Å². The molecule has 23 heavy (non-hydrogen) atoms. The molecule has 9 nitrogen and oxygen atoms in total. The highest BCUT2D eigenvalue weighted by molar-refractivity contribution is 7.89. The fourth-order valence-electron chi connectivity index (χ4n) is 1.88. The van der Waals surface area contributed by atoms with Gasteiger partial charge in [0.15, 0.2) is 0 Å². The molecule has 0 spiro atoms. The molecule has 1 aromatic rings. The van der Waals surface area contributed by atoms with E-state index in [4.69, 9.17) is 15.1 Å². The molecule has 1 aliphatic rings. The first kappa shape index (κ1) is 16.9. The monoisotopic (exact) mass is 337 g/mol. The van der Waals surface area contributed by atoms with Gasteiger partial charge in [-0.1, -0.05) is 0 Å². The molecule has 1 aliphatic heterocycles. The molecule has 1 heterocycles. The molecule has 1 saturated heterocycles. The van der Waals surface area contributed by atoms with Gasteiger partial charge in [0.25, 0.3) is 5.91 Å². The number of morpholine rings is 1. The summed E-state index contributed by atoms with van der Waals surface area (Å²) in [6, 6.07) is 7.19. The van der Waals surface area contributed by atoms with Crippen molar-refractivity contribution < 1.29 is 17.9 Å². The van der Waals surface area contributed by atoms with Crippen molar-refractivity contribution in [1.82, 2.24) is 4.90 Å². The smallest absolute Gasteiger partial charge is 0.285 e. The Morgan fingerprint density at radius 3 is 2.43 bits per heavy atom. The maximum Gasteiger partial charge on any atom is 0.285 e. The molecule has 0 atom stereocenters. The van der Waals surface area contributed by atoms with Crippen molar-refractivity contribution in [2.24, 2.45) is 10.2 Å². The second kappa shape index (κ2) is 7.19. The predicted octanol–water partition coefficient (Wildman–Crippen LogP) is -0.516. The topological polar surface area (TPSA) is 138 Å². The van der Waals surface area contributed by atoms with Crippen LogP contribution in [0.2, 0.25) is 0 Å². The molecule has 0 unspecified atom stereocenters. The molecule has 2 rings (SSSR count). The fourth-order valence-corrected chi connectivity index (χ4v) is 2.39. The highest BCUT2D eigenvalue weighted by Crippen LogP contribution is 2.12. The van der Waals surface area contributed by atoms with Crippen molar-refractivity contribution in [2.75, 3.05) is 31.7 Å². The van der Waals surface area contributed by atoms with Crippen LogP contribution < -0.4 is 10.6 Å². The first-order valence-corrected chi connectivity index (χ1v) is 8.20. The second-order valence-corrected chi connectivity index (χ2v) is 6.22. The number of carbonyl (C=O) groups excluding carboxylic acids is 1. The van der Waals surface area contributed by atoms with Crippen LogP contribution in [0.25, 0.3) is 0 Å². The van der Waals surface area contributed by atoms with Gasteiger partial charge in [0.2, 0.25) is 15.7 Å².